The monoisotopic (exact) mass is 273 g/mol. The van der Waals surface area contributed by atoms with Gasteiger partial charge >= 0.3 is 5.97 Å². The van der Waals surface area contributed by atoms with E-state index in [1.54, 1.807) is 30.1 Å². The Hall–Kier alpha value is -2.83. The number of carboxylic acid groups (broad SMARTS) is 1. The van der Waals surface area contributed by atoms with Gasteiger partial charge in [-0.2, -0.15) is 0 Å². The van der Waals surface area contributed by atoms with Crippen LogP contribution >= 0.6 is 0 Å². The molecule has 1 aliphatic rings. The Morgan fingerprint density at radius 1 is 1.30 bits per heavy atom. The summed E-state index contributed by atoms with van der Waals surface area (Å²) in [6, 6.07) is 5.04. The summed E-state index contributed by atoms with van der Waals surface area (Å²) in [6.45, 7) is 0. The highest BCUT2D eigenvalue weighted by Gasteiger charge is 2.25. The minimum atomic E-state index is -1.22. The number of aromatic nitrogens is 2. The number of hydrogen-bond donors (Lipinski definition) is 3. The zero-order valence-electron chi connectivity index (χ0n) is 10.6. The summed E-state index contributed by atoms with van der Waals surface area (Å²) in [4.78, 5) is 36.0. The highest BCUT2D eigenvalue weighted by atomic mass is 16.4. The number of carbonyl (C=O) groups excluding carboxylic acids is 1. The Kier molecular flexibility index (Phi) is 2.50. The number of carbonyl (C=O) groups is 2. The van der Waals surface area contributed by atoms with E-state index >= 15 is 0 Å². The normalized spacial score (nSPS) is 13.7. The van der Waals surface area contributed by atoms with Crippen molar-refractivity contribution in [1.29, 1.82) is 0 Å². The minimum absolute atomic E-state index is 0.0291. The number of likely N-dealkylation sites (N-methyl/N-ethyl adjacent to an activating group) is 1. The van der Waals surface area contributed by atoms with Crippen molar-refractivity contribution >= 4 is 17.6 Å². The Balaban J connectivity index is 2.17. The number of H-pyrrole nitrogens is 2. The molecule has 1 aliphatic heterocycles. The van der Waals surface area contributed by atoms with E-state index < -0.39 is 11.5 Å². The molecule has 102 valence electrons. The molecule has 0 atom stereocenters. The lowest BCUT2D eigenvalue weighted by Gasteiger charge is -2.10. The molecule has 0 radical (unpaired) electrons. The van der Waals surface area contributed by atoms with E-state index in [1.165, 1.54) is 0 Å². The number of aromatic amines is 2. The van der Waals surface area contributed by atoms with Gasteiger partial charge in [0.2, 0.25) is 5.91 Å². The van der Waals surface area contributed by atoms with Gasteiger partial charge in [0.15, 0.2) is 5.69 Å². The summed E-state index contributed by atoms with van der Waals surface area (Å²) in [7, 11) is 1.68. The molecule has 2 aromatic rings. The maximum Gasteiger partial charge on any atom is 0.354 e. The Bertz CT molecular complexity index is 787. The van der Waals surface area contributed by atoms with Gasteiger partial charge in [-0.15, -0.1) is 0 Å². The van der Waals surface area contributed by atoms with Crippen molar-refractivity contribution in [3.8, 4) is 11.1 Å². The summed E-state index contributed by atoms with van der Waals surface area (Å²) in [5.41, 5.74) is 1.43. The summed E-state index contributed by atoms with van der Waals surface area (Å²) < 4.78 is 0. The largest absolute Gasteiger partial charge is 0.477 e. The maximum atomic E-state index is 11.7. The molecule has 0 aliphatic carbocycles. The van der Waals surface area contributed by atoms with Crippen molar-refractivity contribution in [1.82, 2.24) is 10.2 Å². The molecule has 0 bridgehead atoms. The molecule has 0 spiro atoms. The molecular weight excluding hydrogens is 262 g/mol. The third-order valence-electron chi connectivity index (χ3n) is 3.44. The van der Waals surface area contributed by atoms with Gasteiger partial charge < -0.3 is 10.0 Å². The molecule has 0 fully saturated rings. The van der Waals surface area contributed by atoms with Crippen molar-refractivity contribution in [2.24, 2.45) is 0 Å². The predicted molar refractivity (Wildman–Crippen MR) is 70.9 cm³/mol. The first-order valence-corrected chi connectivity index (χ1v) is 5.93. The molecular formula is C13H11N3O4. The van der Waals surface area contributed by atoms with E-state index in [0.29, 0.717) is 5.56 Å². The number of nitrogens with zero attached hydrogens (tertiary/aromatic N) is 1. The first kappa shape index (κ1) is 12.2. The van der Waals surface area contributed by atoms with Crippen LogP contribution < -0.4 is 10.5 Å². The van der Waals surface area contributed by atoms with Gasteiger partial charge in [-0.05, 0) is 23.3 Å². The summed E-state index contributed by atoms with van der Waals surface area (Å²) in [6.07, 6.45) is 0.254. The van der Waals surface area contributed by atoms with Crippen LogP contribution in [-0.4, -0.2) is 34.2 Å². The standard InChI is InChI=1S/C13H11N3O4/c1-16-8-3-2-6(4-7(8)5-9(16)17)10-11(13(19)20)14-15-12(10)18/h2-4H,5H2,1H3,(H,19,20)(H2,14,15,18). The van der Waals surface area contributed by atoms with E-state index in [4.69, 9.17) is 5.11 Å². The Morgan fingerprint density at radius 2 is 2.05 bits per heavy atom. The number of fused-ring (bicyclic) bond motifs is 1. The predicted octanol–water partition coefficient (Wildman–Crippen LogP) is 0.587. The average molecular weight is 273 g/mol. The van der Waals surface area contributed by atoms with Crippen LogP contribution in [0.1, 0.15) is 16.1 Å². The zero-order chi connectivity index (χ0) is 14.4. The van der Waals surface area contributed by atoms with Gasteiger partial charge in [-0.1, -0.05) is 6.07 Å². The minimum Gasteiger partial charge on any atom is -0.477 e. The van der Waals surface area contributed by atoms with Crippen LogP contribution in [0.15, 0.2) is 23.0 Å². The lowest BCUT2D eigenvalue weighted by Crippen LogP contribution is -2.20. The number of amides is 1. The molecule has 1 aromatic heterocycles. The van der Waals surface area contributed by atoms with E-state index in [2.05, 4.69) is 10.2 Å². The van der Waals surface area contributed by atoms with Gasteiger partial charge in [0.1, 0.15) is 0 Å². The average Bonchev–Trinajstić information content (AvgIpc) is 2.91. The van der Waals surface area contributed by atoms with Crippen LogP contribution in [-0.2, 0) is 11.2 Å². The van der Waals surface area contributed by atoms with Crippen LogP contribution in [0.5, 0.6) is 0 Å². The molecule has 0 saturated heterocycles. The first-order valence-electron chi connectivity index (χ1n) is 5.93. The second-order valence-electron chi connectivity index (χ2n) is 4.61. The number of anilines is 1. The number of aromatic carboxylic acids is 1. The second kappa shape index (κ2) is 4.09. The smallest absolute Gasteiger partial charge is 0.354 e. The third-order valence-corrected chi connectivity index (χ3v) is 3.44. The van der Waals surface area contributed by atoms with Crippen molar-refractivity contribution in [3.63, 3.8) is 0 Å². The molecule has 7 heteroatoms. The van der Waals surface area contributed by atoms with E-state index in [1.807, 2.05) is 0 Å². The van der Waals surface area contributed by atoms with Crippen molar-refractivity contribution in [2.45, 2.75) is 6.42 Å². The van der Waals surface area contributed by atoms with Crippen LogP contribution in [0.3, 0.4) is 0 Å². The summed E-state index contributed by atoms with van der Waals surface area (Å²) in [5.74, 6) is -1.24. The van der Waals surface area contributed by atoms with Gasteiger partial charge in [-0.3, -0.25) is 19.8 Å². The van der Waals surface area contributed by atoms with Crippen molar-refractivity contribution in [3.05, 3.63) is 39.8 Å². The number of hydrogen-bond acceptors (Lipinski definition) is 3. The first-order chi connectivity index (χ1) is 9.49. The molecule has 2 heterocycles. The molecule has 7 nitrogen and oxygen atoms in total. The fraction of sp³-hybridized carbons (Fsp3) is 0.154. The van der Waals surface area contributed by atoms with E-state index in [-0.39, 0.29) is 23.6 Å². The number of rotatable bonds is 2. The van der Waals surface area contributed by atoms with Crippen LogP contribution in [0.2, 0.25) is 0 Å². The molecule has 0 saturated carbocycles. The van der Waals surface area contributed by atoms with E-state index in [9.17, 15) is 14.4 Å². The molecule has 20 heavy (non-hydrogen) atoms. The van der Waals surface area contributed by atoms with Gasteiger partial charge in [-0.25, -0.2) is 4.79 Å². The van der Waals surface area contributed by atoms with E-state index in [0.717, 1.165) is 11.3 Å². The SMILES string of the molecule is CN1C(=O)Cc2cc(-c3c(C(=O)O)[nH][nH]c3=O)ccc21. The highest BCUT2D eigenvalue weighted by Crippen LogP contribution is 2.31. The molecule has 1 aromatic carbocycles. The topological polar surface area (TPSA) is 106 Å². The number of nitrogens with one attached hydrogen (secondary N) is 2. The summed E-state index contributed by atoms with van der Waals surface area (Å²) >= 11 is 0. The van der Waals surface area contributed by atoms with Gasteiger partial charge in [0.05, 0.1) is 12.0 Å². The van der Waals surface area contributed by atoms with Crippen LogP contribution in [0, 0.1) is 0 Å². The molecule has 1 amide bonds. The fourth-order valence-corrected chi connectivity index (χ4v) is 2.42. The lowest BCUT2D eigenvalue weighted by atomic mass is 10.0. The van der Waals surface area contributed by atoms with Gasteiger partial charge in [0, 0.05) is 12.7 Å². The lowest BCUT2D eigenvalue weighted by molar-refractivity contribution is -0.117. The molecule has 3 rings (SSSR count). The summed E-state index contributed by atoms with van der Waals surface area (Å²) in [5, 5.41) is 13.7. The quantitative estimate of drug-likeness (QED) is 0.744. The highest BCUT2D eigenvalue weighted by molar-refractivity contribution is 6.02. The zero-order valence-corrected chi connectivity index (χ0v) is 10.6. The third kappa shape index (κ3) is 1.63. The van der Waals surface area contributed by atoms with Crippen molar-refractivity contribution in [2.75, 3.05) is 11.9 Å². The Labute approximate surface area is 112 Å². The molecule has 0 unspecified atom stereocenters. The maximum absolute atomic E-state index is 11.7. The van der Waals surface area contributed by atoms with Crippen LogP contribution in [0.25, 0.3) is 11.1 Å². The number of benzene rings is 1. The van der Waals surface area contributed by atoms with Gasteiger partial charge in [0.25, 0.3) is 5.56 Å². The Morgan fingerprint density at radius 3 is 2.75 bits per heavy atom. The number of carboxylic acids is 1. The van der Waals surface area contributed by atoms with Crippen LogP contribution in [0.4, 0.5) is 5.69 Å². The second-order valence-corrected chi connectivity index (χ2v) is 4.61. The fourth-order valence-electron chi connectivity index (χ4n) is 2.42. The van der Waals surface area contributed by atoms with Crippen molar-refractivity contribution < 1.29 is 14.7 Å². The molecule has 3 N–H and O–H groups in total.